The van der Waals surface area contributed by atoms with Crippen LogP contribution in [-0.4, -0.2) is 5.11 Å². The largest absolute Gasteiger partial charge is 0.383 e. The molecule has 1 N–H and O–H groups in total. The molecule has 0 amide bonds. The molecule has 2 aromatic rings. The third-order valence-electron chi connectivity index (χ3n) is 2.48. The van der Waals surface area contributed by atoms with E-state index in [1.165, 1.54) is 10.4 Å². The molecule has 2 rings (SSSR count). The molecule has 0 aliphatic rings. The Balaban J connectivity index is 2.35. The van der Waals surface area contributed by atoms with E-state index in [0.29, 0.717) is 0 Å². The fourth-order valence-electron chi connectivity index (χ4n) is 1.59. The van der Waals surface area contributed by atoms with Gasteiger partial charge >= 0.3 is 0 Å². The molecule has 1 unspecified atom stereocenters. The van der Waals surface area contributed by atoms with Crippen molar-refractivity contribution in [2.75, 3.05) is 0 Å². The molecular formula is C13H13BrOS. The van der Waals surface area contributed by atoms with Gasteiger partial charge in [-0.15, -0.1) is 11.3 Å². The summed E-state index contributed by atoms with van der Waals surface area (Å²) in [7, 11) is 0. The zero-order chi connectivity index (χ0) is 11.7. The van der Waals surface area contributed by atoms with Gasteiger partial charge in [-0.25, -0.2) is 0 Å². The van der Waals surface area contributed by atoms with E-state index in [1.807, 2.05) is 44.2 Å². The average molecular weight is 297 g/mol. The van der Waals surface area contributed by atoms with Gasteiger partial charge in [0.2, 0.25) is 0 Å². The first-order valence-corrected chi connectivity index (χ1v) is 6.69. The average Bonchev–Trinajstić information content (AvgIpc) is 2.58. The van der Waals surface area contributed by atoms with E-state index in [2.05, 4.69) is 15.9 Å². The predicted octanol–water partition coefficient (Wildman–Crippen LogP) is 4.21. The van der Waals surface area contributed by atoms with Gasteiger partial charge in [0.1, 0.15) is 6.10 Å². The Bertz CT molecular complexity index is 487. The van der Waals surface area contributed by atoms with Gasteiger partial charge in [-0.2, -0.15) is 0 Å². The van der Waals surface area contributed by atoms with Gasteiger partial charge in [0.25, 0.3) is 0 Å². The molecule has 1 nitrogen and oxygen atoms in total. The Kier molecular flexibility index (Phi) is 3.47. The van der Waals surface area contributed by atoms with E-state index < -0.39 is 6.10 Å². The van der Waals surface area contributed by atoms with Crippen LogP contribution in [-0.2, 0) is 0 Å². The van der Waals surface area contributed by atoms with Crippen LogP contribution in [0.2, 0.25) is 0 Å². The molecule has 1 aromatic carbocycles. The zero-order valence-corrected chi connectivity index (χ0v) is 11.6. The molecule has 84 valence electrons. The highest BCUT2D eigenvalue weighted by atomic mass is 79.9. The van der Waals surface area contributed by atoms with Gasteiger partial charge in [0.15, 0.2) is 0 Å². The summed E-state index contributed by atoms with van der Waals surface area (Å²) in [6, 6.07) is 10.0. The highest BCUT2D eigenvalue weighted by molar-refractivity contribution is 9.10. The minimum Gasteiger partial charge on any atom is -0.383 e. The van der Waals surface area contributed by atoms with Crippen LogP contribution in [0.3, 0.4) is 0 Å². The maximum absolute atomic E-state index is 10.3. The fourth-order valence-corrected chi connectivity index (χ4v) is 3.47. The van der Waals surface area contributed by atoms with Crippen LogP contribution in [0.25, 0.3) is 0 Å². The number of halogens is 1. The van der Waals surface area contributed by atoms with Crippen LogP contribution in [0, 0.1) is 13.8 Å². The number of hydrogen-bond donors (Lipinski definition) is 1. The number of benzene rings is 1. The van der Waals surface area contributed by atoms with Crippen molar-refractivity contribution in [3.05, 3.63) is 55.7 Å². The van der Waals surface area contributed by atoms with Crippen LogP contribution in [0.4, 0.5) is 0 Å². The lowest BCUT2D eigenvalue weighted by molar-refractivity contribution is 0.223. The highest BCUT2D eigenvalue weighted by Crippen LogP contribution is 2.35. The minimum atomic E-state index is -0.534. The van der Waals surface area contributed by atoms with Gasteiger partial charge in [-0.1, -0.05) is 29.8 Å². The minimum absolute atomic E-state index is 0.534. The summed E-state index contributed by atoms with van der Waals surface area (Å²) in [5.74, 6) is 0. The molecule has 0 fully saturated rings. The monoisotopic (exact) mass is 296 g/mol. The van der Waals surface area contributed by atoms with Crippen molar-refractivity contribution in [3.63, 3.8) is 0 Å². The summed E-state index contributed by atoms with van der Waals surface area (Å²) in [5.41, 5.74) is 2.14. The Labute approximate surface area is 108 Å². The molecule has 1 aromatic heterocycles. The molecule has 0 aliphatic heterocycles. The molecule has 1 heterocycles. The van der Waals surface area contributed by atoms with Gasteiger partial charge < -0.3 is 5.11 Å². The predicted molar refractivity (Wildman–Crippen MR) is 72.0 cm³/mol. The Morgan fingerprint density at radius 1 is 1.19 bits per heavy atom. The van der Waals surface area contributed by atoms with Crippen molar-refractivity contribution in [2.45, 2.75) is 20.0 Å². The molecule has 0 saturated heterocycles. The first kappa shape index (κ1) is 11.8. The van der Waals surface area contributed by atoms with Gasteiger partial charge in [0, 0.05) is 9.35 Å². The third-order valence-corrected chi connectivity index (χ3v) is 4.50. The molecule has 16 heavy (non-hydrogen) atoms. The van der Waals surface area contributed by atoms with E-state index in [0.717, 1.165) is 14.9 Å². The summed E-state index contributed by atoms with van der Waals surface area (Å²) in [5, 5.41) is 10.3. The summed E-state index contributed by atoms with van der Waals surface area (Å²) in [6.45, 7) is 4.09. The molecule has 3 heteroatoms. The Hall–Kier alpha value is -0.640. The normalized spacial score (nSPS) is 12.8. The highest BCUT2D eigenvalue weighted by Gasteiger charge is 2.16. The number of thiophene rings is 1. The maximum atomic E-state index is 10.3. The summed E-state index contributed by atoms with van der Waals surface area (Å²) >= 11 is 5.10. The van der Waals surface area contributed by atoms with Crippen molar-refractivity contribution in [3.8, 4) is 0 Å². The number of hydrogen-bond acceptors (Lipinski definition) is 2. The fraction of sp³-hybridized carbons (Fsp3) is 0.231. The topological polar surface area (TPSA) is 20.2 Å². The van der Waals surface area contributed by atoms with Crippen molar-refractivity contribution < 1.29 is 5.11 Å². The molecule has 0 aliphatic carbocycles. The second kappa shape index (κ2) is 4.70. The van der Waals surface area contributed by atoms with Crippen LogP contribution in [0.15, 0.2) is 34.8 Å². The zero-order valence-electron chi connectivity index (χ0n) is 9.20. The number of aliphatic hydroxyl groups excluding tert-OH is 1. The molecule has 0 radical (unpaired) electrons. The lowest BCUT2D eigenvalue weighted by Crippen LogP contribution is -1.97. The maximum Gasteiger partial charge on any atom is 0.114 e. The summed E-state index contributed by atoms with van der Waals surface area (Å²) < 4.78 is 0.989. The lowest BCUT2D eigenvalue weighted by atomic mass is 10.1. The second-order valence-corrected chi connectivity index (χ2v) is 6.02. The van der Waals surface area contributed by atoms with E-state index >= 15 is 0 Å². The van der Waals surface area contributed by atoms with Crippen LogP contribution < -0.4 is 0 Å². The lowest BCUT2D eigenvalue weighted by Gasteiger charge is -2.10. The number of aryl methyl sites for hydroxylation is 2. The molecule has 1 atom stereocenters. The Morgan fingerprint density at radius 3 is 2.31 bits per heavy atom. The first-order chi connectivity index (χ1) is 7.58. The smallest absolute Gasteiger partial charge is 0.114 e. The van der Waals surface area contributed by atoms with Crippen molar-refractivity contribution in [1.82, 2.24) is 0 Å². The van der Waals surface area contributed by atoms with E-state index in [4.69, 9.17) is 0 Å². The number of aliphatic hydroxyl groups is 1. The SMILES string of the molecule is Cc1ccc(C(O)c2sc(C)cc2Br)cc1. The van der Waals surface area contributed by atoms with Crippen LogP contribution in [0.5, 0.6) is 0 Å². The van der Waals surface area contributed by atoms with E-state index in [9.17, 15) is 5.11 Å². The molecular weight excluding hydrogens is 284 g/mol. The first-order valence-electron chi connectivity index (χ1n) is 5.08. The van der Waals surface area contributed by atoms with E-state index in [1.54, 1.807) is 11.3 Å². The molecule has 0 spiro atoms. The van der Waals surface area contributed by atoms with Crippen molar-refractivity contribution in [2.24, 2.45) is 0 Å². The van der Waals surface area contributed by atoms with Gasteiger partial charge in [-0.3, -0.25) is 0 Å². The standard InChI is InChI=1S/C13H13BrOS/c1-8-3-5-10(6-4-8)12(15)13-11(14)7-9(2)16-13/h3-7,12,15H,1-2H3. The third kappa shape index (κ3) is 2.37. The molecule has 0 bridgehead atoms. The van der Waals surface area contributed by atoms with Gasteiger partial charge in [-0.05, 0) is 41.4 Å². The second-order valence-electron chi connectivity index (χ2n) is 3.88. The van der Waals surface area contributed by atoms with Crippen molar-refractivity contribution >= 4 is 27.3 Å². The summed E-state index contributed by atoms with van der Waals surface area (Å²) in [4.78, 5) is 2.18. The summed E-state index contributed by atoms with van der Waals surface area (Å²) in [6.07, 6.45) is -0.534. The Morgan fingerprint density at radius 2 is 1.81 bits per heavy atom. The molecule has 0 saturated carbocycles. The van der Waals surface area contributed by atoms with Crippen molar-refractivity contribution in [1.29, 1.82) is 0 Å². The number of rotatable bonds is 2. The van der Waals surface area contributed by atoms with E-state index in [-0.39, 0.29) is 0 Å². The van der Waals surface area contributed by atoms with Crippen LogP contribution >= 0.6 is 27.3 Å². The van der Waals surface area contributed by atoms with Crippen LogP contribution in [0.1, 0.15) is 27.0 Å². The quantitative estimate of drug-likeness (QED) is 0.880. The van der Waals surface area contributed by atoms with Gasteiger partial charge in [0.05, 0.1) is 4.88 Å².